The van der Waals surface area contributed by atoms with Crippen LogP contribution in [-0.4, -0.2) is 17.2 Å². The fourth-order valence-electron chi connectivity index (χ4n) is 1.74. The molecule has 0 aliphatic carbocycles. The van der Waals surface area contributed by atoms with Gasteiger partial charge in [0.2, 0.25) is 10.9 Å². The SMILES string of the molecule is Cc1csc(NN=Cc2ccc(OC(=O)c3ccco3)cc2)n1. The maximum absolute atomic E-state index is 11.7. The van der Waals surface area contributed by atoms with Crippen molar-refractivity contribution in [2.24, 2.45) is 5.10 Å². The normalized spacial score (nSPS) is 10.8. The van der Waals surface area contributed by atoms with Crippen LogP contribution in [0.2, 0.25) is 0 Å². The molecule has 0 bridgehead atoms. The minimum atomic E-state index is -0.530. The fourth-order valence-corrected chi connectivity index (χ4v) is 2.38. The molecule has 0 spiro atoms. The van der Waals surface area contributed by atoms with Crippen LogP contribution in [0.5, 0.6) is 5.75 Å². The number of hydrogen-bond donors (Lipinski definition) is 1. The molecule has 0 unspecified atom stereocenters. The number of furan rings is 1. The Kier molecular flexibility index (Phi) is 4.49. The number of nitrogens with zero attached hydrogens (tertiary/aromatic N) is 2. The van der Waals surface area contributed by atoms with Gasteiger partial charge in [-0.2, -0.15) is 5.10 Å². The molecule has 0 saturated carbocycles. The Balaban J connectivity index is 1.57. The number of aryl methyl sites for hydroxylation is 1. The van der Waals surface area contributed by atoms with Gasteiger partial charge in [0.1, 0.15) is 5.75 Å². The molecule has 0 atom stereocenters. The standard InChI is InChI=1S/C16H13N3O3S/c1-11-10-23-16(18-11)19-17-9-12-4-6-13(7-5-12)22-15(20)14-3-2-8-21-14/h2-10H,1H3,(H,18,19). The Morgan fingerprint density at radius 3 is 2.83 bits per heavy atom. The molecular weight excluding hydrogens is 314 g/mol. The third kappa shape index (κ3) is 4.04. The summed E-state index contributed by atoms with van der Waals surface area (Å²) in [5.74, 6) is 0.0721. The van der Waals surface area contributed by atoms with Crippen LogP contribution in [0.15, 0.2) is 57.6 Å². The minimum absolute atomic E-state index is 0.165. The van der Waals surface area contributed by atoms with Crippen LogP contribution in [0, 0.1) is 6.92 Å². The van der Waals surface area contributed by atoms with Crippen LogP contribution in [-0.2, 0) is 0 Å². The van der Waals surface area contributed by atoms with Crippen molar-refractivity contribution in [3.8, 4) is 5.75 Å². The number of thiazole rings is 1. The van der Waals surface area contributed by atoms with E-state index in [1.165, 1.54) is 17.6 Å². The summed E-state index contributed by atoms with van der Waals surface area (Å²) in [7, 11) is 0. The van der Waals surface area contributed by atoms with Crippen molar-refractivity contribution in [2.75, 3.05) is 5.43 Å². The predicted molar refractivity (Wildman–Crippen MR) is 88.2 cm³/mol. The second-order valence-electron chi connectivity index (χ2n) is 4.60. The monoisotopic (exact) mass is 327 g/mol. The fraction of sp³-hybridized carbons (Fsp3) is 0.0625. The third-order valence-electron chi connectivity index (χ3n) is 2.81. The lowest BCUT2D eigenvalue weighted by Gasteiger charge is -2.02. The van der Waals surface area contributed by atoms with Crippen molar-refractivity contribution in [1.82, 2.24) is 4.98 Å². The molecule has 2 heterocycles. The van der Waals surface area contributed by atoms with Crippen LogP contribution in [0.3, 0.4) is 0 Å². The maximum atomic E-state index is 11.7. The number of ether oxygens (including phenoxy) is 1. The number of benzene rings is 1. The van der Waals surface area contributed by atoms with E-state index in [2.05, 4.69) is 15.5 Å². The van der Waals surface area contributed by atoms with Crippen molar-refractivity contribution in [2.45, 2.75) is 6.92 Å². The number of rotatable bonds is 5. The minimum Gasteiger partial charge on any atom is -0.457 e. The summed E-state index contributed by atoms with van der Waals surface area (Å²) in [4.78, 5) is 16.0. The Morgan fingerprint density at radius 1 is 1.35 bits per heavy atom. The highest BCUT2D eigenvalue weighted by atomic mass is 32.1. The lowest BCUT2D eigenvalue weighted by atomic mass is 10.2. The van der Waals surface area contributed by atoms with Crippen LogP contribution < -0.4 is 10.2 Å². The molecule has 6 nitrogen and oxygen atoms in total. The molecule has 0 fully saturated rings. The molecule has 3 aromatic rings. The van der Waals surface area contributed by atoms with Gasteiger partial charge in [0.25, 0.3) is 0 Å². The van der Waals surface area contributed by atoms with Crippen LogP contribution in [0.4, 0.5) is 5.13 Å². The highest BCUT2D eigenvalue weighted by Gasteiger charge is 2.10. The lowest BCUT2D eigenvalue weighted by Crippen LogP contribution is -2.07. The highest BCUT2D eigenvalue weighted by Crippen LogP contribution is 2.15. The Labute approximate surface area is 136 Å². The highest BCUT2D eigenvalue weighted by molar-refractivity contribution is 7.13. The van der Waals surface area contributed by atoms with Crippen molar-refractivity contribution < 1.29 is 13.9 Å². The molecule has 1 N–H and O–H groups in total. The lowest BCUT2D eigenvalue weighted by molar-refractivity contribution is 0.0701. The second-order valence-corrected chi connectivity index (χ2v) is 5.46. The van der Waals surface area contributed by atoms with Gasteiger partial charge in [-0.25, -0.2) is 9.78 Å². The summed E-state index contributed by atoms with van der Waals surface area (Å²) in [5.41, 5.74) is 4.68. The first-order valence-corrected chi connectivity index (χ1v) is 7.65. The van der Waals surface area contributed by atoms with E-state index in [0.717, 1.165) is 16.4 Å². The zero-order valence-electron chi connectivity index (χ0n) is 12.2. The van der Waals surface area contributed by atoms with Gasteiger partial charge in [-0.15, -0.1) is 11.3 Å². The number of esters is 1. The summed E-state index contributed by atoms with van der Waals surface area (Å²) in [6.07, 6.45) is 3.09. The topological polar surface area (TPSA) is 76.7 Å². The zero-order chi connectivity index (χ0) is 16.1. The molecule has 0 aliphatic rings. The van der Waals surface area contributed by atoms with Gasteiger partial charge in [0.15, 0.2) is 0 Å². The molecule has 23 heavy (non-hydrogen) atoms. The van der Waals surface area contributed by atoms with Crippen LogP contribution in [0.25, 0.3) is 0 Å². The molecule has 3 rings (SSSR count). The molecule has 1 aromatic carbocycles. The third-order valence-corrected chi connectivity index (χ3v) is 3.67. The van der Waals surface area contributed by atoms with Gasteiger partial charge in [-0.05, 0) is 48.9 Å². The van der Waals surface area contributed by atoms with Gasteiger partial charge >= 0.3 is 5.97 Å². The second kappa shape index (κ2) is 6.89. The maximum Gasteiger partial charge on any atom is 0.379 e. The average molecular weight is 327 g/mol. The predicted octanol–water partition coefficient (Wildman–Crippen LogP) is 3.71. The molecular formula is C16H13N3O3S. The van der Waals surface area contributed by atoms with Crippen molar-refractivity contribution in [3.05, 3.63) is 65.1 Å². The molecule has 0 radical (unpaired) electrons. The smallest absolute Gasteiger partial charge is 0.379 e. The molecule has 116 valence electrons. The number of hydrazone groups is 1. The summed E-state index contributed by atoms with van der Waals surface area (Å²) in [6, 6.07) is 10.2. The van der Waals surface area contributed by atoms with E-state index in [4.69, 9.17) is 9.15 Å². The summed E-state index contributed by atoms with van der Waals surface area (Å²) < 4.78 is 10.2. The summed E-state index contributed by atoms with van der Waals surface area (Å²) >= 11 is 1.49. The van der Waals surface area contributed by atoms with Crippen molar-refractivity contribution in [1.29, 1.82) is 0 Å². The average Bonchev–Trinajstić information content (AvgIpc) is 3.21. The summed E-state index contributed by atoms with van der Waals surface area (Å²) in [5, 5.41) is 6.79. The van der Waals surface area contributed by atoms with E-state index in [0.29, 0.717) is 5.75 Å². The zero-order valence-corrected chi connectivity index (χ0v) is 13.0. The van der Waals surface area contributed by atoms with Crippen LogP contribution in [0.1, 0.15) is 21.8 Å². The number of hydrogen-bond acceptors (Lipinski definition) is 7. The van der Waals surface area contributed by atoms with Gasteiger partial charge in [0, 0.05) is 5.38 Å². The number of nitrogens with one attached hydrogen (secondary N) is 1. The molecule has 0 amide bonds. The first-order chi connectivity index (χ1) is 11.2. The Bertz CT molecular complexity index is 807. The van der Waals surface area contributed by atoms with Crippen molar-refractivity contribution in [3.63, 3.8) is 0 Å². The van der Waals surface area contributed by atoms with E-state index < -0.39 is 5.97 Å². The number of carbonyl (C=O) groups excluding carboxylic acids is 1. The summed E-state index contributed by atoms with van der Waals surface area (Å²) in [6.45, 7) is 1.92. The Hall–Kier alpha value is -2.93. The van der Waals surface area contributed by atoms with Crippen molar-refractivity contribution >= 4 is 28.7 Å². The van der Waals surface area contributed by atoms with E-state index in [1.807, 2.05) is 12.3 Å². The number of aromatic nitrogens is 1. The van der Waals surface area contributed by atoms with Gasteiger partial charge < -0.3 is 9.15 Å². The van der Waals surface area contributed by atoms with E-state index in [1.54, 1.807) is 42.6 Å². The molecule has 7 heteroatoms. The Morgan fingerprint density at radius 2 is 2.17 bits per heavy atom. The van der Waals surface area contributed by atoms with Gasteiger partial charge in [-0.1, -0.05) is 0 Å². The number of carbonyl (C=O) groups is 1. The largest absolute Gasteiger partial charge is 0.457 e. The molecule has 0 saturated heterocycles. The van der Waals surface area contributed by atoms with Gasteiger partial charge in [-0.3, -0.25) is 5.43 Å². The van der Waals surface area contributed by atoms with E-state index in [-0.39, 0.29) is 5.76 Å². The van der Waals surface area contributed by atoms with E-state index >= 15 is 0 Å². The molecule has 2 aromatic heterocycles. The van der Waals surface area contributed by atoms with E-state index in [9.17, 15) is 4.79 Å². The number of anilines is 1. The van der Waals surface area contributed by atoms with Gasteiger partial charge in [0.05, 0.1) is 18.2 Å². The first-order valence-electron chi connectivity index (χ1n) is 6.78. The first kappa shape index (κ1) is 15.0. The molecule has 0 aliphatic heterocycles. The van der Waals surface area contributed by atoms with Crippen LogP contribution >= 0.6 is 11.3 Å². The quantitative estimate of drug-likeness (QED) is 0.334.